The molecular formula is C26H26Cl2N6O3. The molecule has 0 spiro atoms. The van der Waals surface area contributed by atoms with Crippen molar-refractivity contribution >= 4 is 41.0 Å². The van der Waals surface area contributed by atoms with Gasteiger partial charge in [-0.25, -0.2) is 9.97 Å². The molecule has 0 radical (unpaired) electrons. The van der Waals surface area contributed by atoms with Gasteiger partial charge in [0.1, 0.15) is 6.54 Å². The van der Waals surface area contributed by atoms with E-state index in [-0.39, 0.29) is 30.4 Å². The van der Waals surface area contributed by atoms with Crippen molar-refractivity contribution in [1.82, 2.24) is 25.2 Å². The summed E-state index contributed by atoms with van der Waals surface area (Å²) < 4.78 is 5.41. The highest BCUT2D eigenvalue weighted by Gasteiger charge is 2.30. The normalized spacial score (nSPS) is 16.4. The molecule has 1 unspecified atom stereocenters. The summed E-state index contributed by atoms with van der Waals surface area (Å²) in [6, 6.07) is 8.81. The number of rotatable bonds is 7. The van der Waals surface area contributed by atoms with Crippen molar-refractivity contribution in [2.45, 2.75) is 38.4 Å². The van der Waals surface area contributed by atoms with Crippen LogP contribution in [0.3, 0.4) is 0 Å². The fourth-order valence-electron chi connectivity index (χ4n) is 4.49. The third-order valence-corrected chi connectivity index (χ3v) is 6.97. The lowest BCUT2D eigenvalue weighted by Gasteiger charge is -2.23. The number of carbonyl (C=O) groups is 2. The first-order chi connectivity index (χ1) is 17.9. The molecule has 1 atom stereocenters. The van der Waals surface area contributed by atoms with Gasteiger partial charge in [-0.05, 0) is 43.5 Å². The number of ether oxygens (including phenoxy) is 1. The summed E-state index contributed by atoms with van der Waals surface area (Å²) in [4.78, 5) is 40.5. The van der Waals surface area contributed by atoms with E-state index in [9.17, 15) is 9.59 Å². The zero-order valence-corrected chi connectivity index (χ0v) is 21.7. The number of hydrogen-bond acceptors (Lipinski definition) is 7. The molecule has 1 saturated heterocycles. The molecule has 2 aliphatic heterocycles. The van der Waals surface area contributed by atoms with Gasteiger partial charge in [0.2, 0.25) is 11.9 Å². The fourth-order valence-corrected chi connectivity index (χ4v) is 4.86. The van der Waals surface area contributed by atoms with Crippen LogP contribution in [0.5, 0.6) is 0 Å². The molecule has 2 amide bonds. The Morgan fingerprint density at radius 1 is 1.19 bits per heavy atom. The van der Waals surface area contributed by atoms with Crippen LogP contribution in [-0.4, -0.2) is 57.5 Å². The van der Waals surface area contributed by atoms with E-state index in [1.807, 2.05) is 19.1 Å². The Bertz CT molecular complexity index is 1330. The van der Waals surface area contributed by atoms with Gasteiger partial charge in [-0.3, -0.25) is 14.6 Å². The number of amides is 2. The summed E-state index contributed by atoms with van der Waals surface area (Å²) >= 11 is 12.5. The fraction of sp³-hybridized carbons (Fsp3) is 0.346. The zero-order valence-electron chi connectivity index (χ0n) is 20.2. The van der Waals surface area contributed by atoms with Gasteiger partial charge in [0.05, 0.1) is 28.6 Å². The lowest BCUT2D eigenvalue weighted by molar-refractivity contribution is -0.122. The molecule has 5 rings (SSSR count). The quantitative estimate of drug-likeness (QED) is 0.460. The molecule has 1 aromatic carbocycles. The summed E-state index contributed by atoms with van der Waals surface area (Å²) in [5.41, 5.74) is 3.27. The lowest BCUT2D eigenvalue weighted by atomic mass is 10.0. The number of aromatic nitrogens is 3. The van der Waals surface area contributed by atoms with Crippen LogP contribution in [0.1, 0.15) is 47.4 Å². The molecule has 11 heteroatoms. The maximum absolute atomic E-state index is 13.2. The lowest BCUT2D eigenvalue weighted by Crippen LogP contribution is -2.38. The van der Waals surface area contributed by atoms with Crippen LogP contribution in [-0.2, 0) is 16.1 Å². The SMILES string of the molecule is CC(NC(=O)CN1Cc2ccc(-c3nc(NC4CCOCC4)ncc3Cl)cc2C1=O)c1cc(Cl)ccn1. The third-order valence-electron chi connectivity index (χ3n) is 6.46. The summed E-state index contributed by atoms with van der Waals surface area (Å²) in [5, 5.41) is 7.16. The average Bonchev–Trinajstić information content (AvgIpc) is 3.20. The number of halogens is 2. The molecule has 2 aliphatic rings. The Labute approximate surface area is 224 Å². The van der Waals surface area contributed by atoms with Crippen molar-refractivity contribution in [3.05, 3.63) is 69.6 Å². The highest BCUT2D eigenvalue weighted by Crippen LogP contribution is 2.31. The Kier molecular flexibility index (Phi) is 7.55. The maximum atomic E-state index is 13.2. The first kappa shape index (κ1) is 25.4. The minimum Gasteiger partial charge on any atom is -0.381 e. The van der Waals surface area contributed by atoms with Crippen LogP contribution in [0.4, 0.5) is 5.95 Å². The van der Waals surface area contributed by atoms with Crippen molar-refractivity contribution in [3.63, 3.8) is 0 Å². The number of fused-ring (bicyclic) bond motifs is 1. The minimum atomic E-state index is -0.346. The van der Waals surface area contributed by atoms with Crippen molar-refractivity contribution < 1.29 is 14.3 Å². The van der Waals surface area contributed by atoms with E-state index in [2.05, 4.69) is 25.6 Å². The number of nitrogens with one attached hydrogen (secondary N) is 2. The van der Waals surface area contributed by atoms with Gasteiger partial charge in [-0.15, -0.1) is 0 Å². The van der Waals surface area contributed by atoms with Crippen LogP contribution < -0.4 is 10.6 Å². The van der Waals surface area contributed by atoms with Crippen LogP contribution in [0.15, 0.2) is 42.7 Å². The van der Waals surface area contributed by atoms with Crippen LogP contribution in [0.2, 0.25) is 10.0 Å². The molecule has 0 saturated carbocycles. The van der Waals surface area contributed by atoms with Crippen LogP contribution in [0, 0.1) is 0 Å². The van der Waals surface area contributed by atoms with Gasteiger partial charge in [-0.1, -0.05) is 35.3 Å². The second-order valence-corrected chi connectivity index (χ2v) is 9.99. The predicted octanol–water partition coefficient (Wildman–Crippen LogP) is 4.27. The Balaban J connectivity index is 1.27. The second kappa shape index (κ2) is 11.0. The molecule has 192 valence electrons. The van der Waals surface area contributed by atoms with Crippen molar-refractivity contribution in [1.29, 1.82) is 0 Å². The van der Waals surface area contributed by atoms with Gasteiger partial charge >= 0.3 is 0 Å². The summed E-state index contributed by atoms with van der Waals surface area (Å²) in [5.74, 6) is -0.00988. The van der Waals surface area contributed by atoms with Gasteiger partial charge in [0.15, 0.2) is 0 Å². The molecule has 37 heavy (non-hydrogen) atoms. The number of benzene rings is 1. The first-order valence-corrected chi connectivity index (χ1v) is 12.8. The number of hydrogen-bond donors (Lipinski definition) is 2. The van der Waals surface area contributed by atoms with Gasteiger partial charge in [0.25, 0.3) is 5.91 Å². The Hall–Kier alpha value is -3.27. The maximum Gasteiger partial charge on any atom is 0.254 e. The van der Waals surface area contributed by atoms with Crippen molar-refractivity contribution in [3.8, 4) is 11.3 Å². The largest absolute Gasteiger partial charge is 0.381 e. The zero-order chi connectivity index (χ0) is 25.9. The molecule has 3 aromatic rings. The number of anilines is 1. The minimum absolute atomic E-state index is 0.0683. The number of carbonyl (C=O) groups excluding carboxylic acids is 2. The standard InChI is InChI=1S/C26H26Cl2N6O3/c1-15(22-11-18(27)4-7-29-22)31-23(35)14-34-13-17-3-2-16(10-20(17)25(34)36)24-21(28)12-30-26(33-24)32-19-5-8-37-9-6-19/h2-4,7,10-12,15,19H,5-6,8-9,13-14H2,1H3,(H,31,35)(H,30,32,33). The Morgan fingerprint density at radius 3 is 2.78 bits per heavy atom. The topological polar surface area (TPSA) is 109 Å². The van der Waals surface area contributed by atoms with Crippen molar-refractivity contribution in [2.75, 3.05) is 25.1 Å². The van der Waals surface area contributed by atoms with E-state index in [4.69, 9.17) is 27.9 Å². The Morgan fingerprint density at radius 2 is 2.00 bits per heavy atom. The summed E-state index contributed by atoms with van der Waals surface area (Å²) in [7, 11) is 0. The molecule has 0 bridgehead atoms. The number of nitrogens with zero attached hydrogens (tertiary/aromatic N) is 4. The van der Waals surface area contributed by atoms with E-state index in [1.165, 1.54) is 4.90 Å². The summed E-state index contributed by atoms with van der Waals surface area (Å²) in [6.45, 7) is 3.51. The van der Waals surface area contributed by atoms with Gasteiger partial charge in [0, 0.05) is 48.1 Å². The third kappa shape index (κ3) is 5.84. The highest BCUT2D eigenvalue weighted by molar-refractivity contribution is 6.33. The van der Waals surface area contributed by atoms with E-state index in [0.717, 1.165) is 18.4 Å². The monoisotopic (exact) mass is 540 g/mol. The predicted molar refractivity (Wildman–Crippen MR) is 140 cm³/mol. The molecule has 4 heterocycles. The number of pyridine rings is 1. The van der Waals surface area contributed by atoms with Crippen LogP contribution in [0.25, 0.3) is 11.3 Å². The summed E-state index contributed by atoms with van der Waals surface area (Å²) in [6.07, 6.45) is 4.92. The van der Waals surface area contributed by atoms with Crippen LogP contribution >= 0.6 is 23.2 Å². The van der Waals surface area contributed by atoms with E-state index in [0.29, 0.717) is 58.3 Å². The highest BCUT2D eigenvalue weighted by atomic mass is 35.5. The molecule has 2 aromatic heterocycles. The van der Waals surface area contributed by atoms with Gasteiger partial charge < -0.3 is 20.3 Å². The van der Waals surface area contributed by atoms with E-state index in [1.54, 1.807) is 30.6 Å². The van der Waals surface area contributed by atoms with Crippen molar-refractivity contribution in [2.24, 2.45) is 0 Å². The smallest absolute Gasteiger partial charge is 0.254 e. The second-order valence-electron chi connectivity index (χ2n) is 9.14. The molecule has 2 N–H and O–H groups in total. The molecular weight excluding hydrogens is 515 g/mol. The molecule has 1 fully saturated rings. The molecule has 9 nitrogen and oxygen atoms in total. The average molecular weight is 541 g/mol. The molecule has 0 aliphatic carbocycles. The van der Waals surface area contributed by atoms with E-state index >= 15 is 0 Å². The van der Waals surface area contributed by atoms with E-state index < -0.39 is 0 Å². The first-order valence-electron chi connectivity index (χ1n) is 12.1. The van der Waals surface area contributed by atoms with Gasteiger partial charge in [-0.2, -0.15) is 0 Å².